The molecule has 0 amide bonds. The third-order valence-electron chi connectivity index (χ3n) is 3.40. The summed E-state index contributed by atoms with van der Waals surface area (Å²) in [5.41, 5.74) is 0.224. The van der Waals surface area contributed by atoms with Gasteiger partial charge in [-0.1, -0.05) is 31.5 Å². The molecule has 1 N–H and O–H groups in total. The van der Waals surface area contributed by atoms with Crippen molar-refractivity contribution in [2.75, 3.05) is 0 Å². The molecule has 0 radical (unpaired) electrons. The molecule has 1 aromatic carbocycles. The Hall–Kier alpha value is -0.580. The average Bonchev–Trinajstić information content (AvgIpc) is 2.57. The van der Waals surface area contributed by atoms with Gasteiger partial charge >= 0.3 is 0 Å². The predicted octanol–water partition coefficient (Wildman–Crippen LogP) is 3.20. The summed E-state index contributed by atoms with van der Waals surface area (Å²) in [5.74, 6) is 0. The summed E-state index contributed by atoms with van der Waals surface area (Å²) in [6.07, 6.45) is 2.83. The molecule has 5 heteroatoms. The Morgan fingerprint density at radius 2 is 2.11 bits per heavy atom. The number of hydrogen-bond acceptors (Lipinski definition) is 2. The number of rotatable bonds is 3. The van der Waals surface area contributed by atoms with E-state index in [0.717, 1.165) is 19.3 Å². The van der Waals surface area contributed by atoms with Crippen LogP contribution in [-0.2, 0) is 10.0 Å². The van der Waals surface area contributed by atoms with Gasteiger partial charge in [-0.2, -0.15) is 0 Å². The van der Waals surface area contributed by atoms with Gasteiger partial charge in [0, 0.05) is 11.1 Å². The van der Waals surface area contributed by atoms with Crippen LogP contribution in [-0.4, -0.2) is 14.5 Å². The summed E-state index contributed by atoms with van der Waals surface area (Å²) in [6.45, 7) is 4.33. The number of halogens is 1. The van der Waals surface area contributed by atoms with E-state index in [1.807, 2.05) is 0 Å². The van der Waals surface area contributed by atoms with E-state index < -0.39 is 10.0 Å². The lowest BCUT2D eigenvalue weighted by atomic mass is 9.92. The topological polar surface area (TPSA) is 46.2 Å². The van der Waals surface area contributed by atoms with Crippen molar-refractivity contribution in [3.63, 3.8) is 0 Å². The van der Waals surface area contributed by atoms with Crippen LogP contribution in [0.4, 0.5) is 0 Å². The fraction of sp³-hybridized carbons (Fsp3) is 0.538. The molecule has 0 saturated heterocycles. The molecule has 1 fully saturated rings. The largest absolute Gasteiger partial charge is 0.240 e. The molecule has 18 heavy (non-hydrogen) atoms. The van der Waals surface area contributed by atoms with E-state index in [-0.39, 0.29) is 16.4 Å². The van der Waals surface area contributed by atoms with E-state index >= 15 is 0 Å². The number of sulfonamides is 1. The Kier molecular flexibility index (Phi) is 3.72. The minimum absolute atomic E-state index is 0.0315. The van der Waals surface area contributed by atoms with Gasteiger partial charge < -0.3 is 0 Å². The second-order valence-electron chi connectivity index (χ2n) is 5.68. The van der Waals surface area contributed by atoms with Crippen molar-refractivity contribution < 1.29 is 8.42 Å². The molecule has 1 aliphatic rings. The molecule has 1 unspecified atom stereocenters. The Morgan fingerprint density at radius 3 is 2.67 bits per heavy atom. The van der Waals surface area contributed by atoms with Crippen LogP contribution in [0.25, 0.3) is 0 Å². The molecule has 1 aromatic rings. The Labute approximate surface area is 114 Å². The predicted molar refractivity (Wildman–Crippen MR) is 73.2 cm³/mol. The number of benzene rings is 1. The van der Waals surface area contributed by atoms with Crippen LogP contribution >= 0.6 is 11.6 Å². The van der Waals surface area contributed by atoms with Crippen molar-refractivity contribution in [2.45, 2.75) is 44.0 Å². The molecular formula is C13H18ClNO2S. The van der Waals surface area contributed by atoms with Crippen molar-refractivity contribution in [1.29, 1.82) is 0 Å². The van der Waals surface area contributed by atoms with E-state index in [2.05, 4.69) is 18.6 Å². The fourth-order valence-electron chi connectivity index (χ4n) is 2.46. The molecule has 0 aromatic heterocycles. The number of hydrogen-bond donors (Lipinski definition) is 1. The third kappa shape index (κ3) is 3.25. The smallest absolute Gasteiger partial charge is 0.208 e. The van der Waals surface area contributed by atoms with Gasteiger partial charge in [0.25, 0.3) is 0 Å². The van der Waals surface area contributed by atoms with Crippen molar-refractivity contribution >= 4 is 21.6 Å². The molecule has 3 nitrogen and oxygen atoms in total. The van der Waals surface area contributed by atoms with E-state index in [4.69, 9.17) is 11.6 Å². The van der Waals surface area contributed by atoms with E-state index in [1.165, 1.54) is 6.07 Å². The Balaban J connectivity index is 2.14. The summed E-state index contributed by atoms with van der Waals surface area (Å²) in [4.78, 5) is 0.236. The van der Waals surface area contributed by atoms with Crippen molar-refractivity contribution in [3.8, 4) is 0 Å². The maximum absolute atomic E-state index is 12.2. The quantitative estimate of drug-likeness (QED) is 0.928. The Bertz CT molecular complexity index is 540. The molecule has 0 heterocycles. The maximum Gasteiger partial charge on any atom is 0.240 e. The van der Waals surface area contributed by atoms with Gasteiger partial charge in [-0.05, 0) is 42.9 Å². The van der Waals surface area contributed by atoms with Crippen LogP contribution in [0.15, 0.2) is 29.2 Å². The lowest BCUT2D eigenvalue weighted by molar-refractivity contribution is 0.372. The summed E-state index contributed by atoms with van der Waals surface area (Å²) in [6, 6.07) is 6.39. The fourth-order valence-corrected chi connectivity index (χ4v) is 4.03. The van der Waals surface area contributed by atoms with Gasteiger partial charge in [0.05, 0.1) is 4.90 Å². The van der Waals surface area contributed by atoms with Gasteiger partial charge in [-0.15, -0.1) is 0 Å². The molecule has 0 spiro atoms. The van der Waals surface area contributed by atoms with E-state index in [1.54, 1.807) is 18.2 Å². The molecule has 0 bridgehead atoms. The van der Waals surface area contributed by atoms with Gasteiger partial charge in [-0.3, -0.25) is 0 Å². The summed E-state index contributed by atoms with van der Waals surface area (Å²) in [7, 11) is -3.45. The van der Waals surface area contributed by atoms with Crippen molar-refractivity contribution in [2.24, 2.45) is 5.41 Å². The van der Waals surface area contributed by atoms with Crippen LogP contribution in [0.1, 0.15) is 33.1 Å². The second-order valence-corrected chi connectivity index (χ2v) is 7.83. The molecule has 1 aliphatic carbocycles. The first-order valence-electron chi connectivity index (χ1n) is 6.06. The molecule has 1 saturated carbocycles. The standard InChI is InChI=1S/C13H18ClNO2S/c1-13(2)7-6-11(9-13)15-18(16,17)12-5-3-4-10(14)8-12/h3-5,8,11,15H,6-7,9H2,1-2H3. The van der Waals surface area contributed by atoms with Gasteiger partial charge in [0.1, 0.15) is 0 Å². The minimum Gasteiger partial charge on any atom is -0.208 e. The van der Waals surface area contributed by atoms with Crippen LogP contribution in [0.3, 0.4) is 0 Å². The lowest BCUT2D eigenvalue weighted by Crippen LogP contribution is -2.33. The summed E-state index contributed by atoms with van der Waals surface area (Å²) < 4.78 is 27.1. The monoisotopic (exact) mass is 287 g/mol. The first kappa shape index (κ1) is 13.8. The lowest BCUT2D eigenvalue weighted by Gasteiger charge is -2.18. The second kappa shape index (κ2) is 4.83. The number of nitrogens with one attached hydrogen (secondary N) is 1. The normalized spacial score (nSPS) is 23.2. The zero-order valence-electron chi connectivity index (χ0n) is 10.6. The van der Waals surface area contributed by atoms with Crippen LogP contribution in [0.5, 0.6) is 0 Å². The minimum atomic E-state index is -3.45. The molecule has 100 valence electrons. The SMILES string of the molecule is CC1(C)CCC(NS(=O)(=O)c2cccc(Cl)c2)C1. The Morgan fingerprint density at radius 1 is 1.39 bits per heavy atom. The van der Waals surface area contributed by atoms with Crippen molar-refractivity contribution in [1.82, 2.24) is 4.72 Å². The summed E-state index contributed by atoms with van der Waals surface area (Å²) in [5, 5.41) is 0.435. The highest BCUT2D eigenvalue weighted by molar-refractivity contribution is 7.89. The zero-order chi connectivity index (χ0) is 13.4. The highest BCUT2D eigenvalue weighted by atomic mass is 35.5. The van der Waals surface area contributed by atoms with Gasteiger partial charge in [0.2, 0.25) is 10.0 Å². The third-order valence-corrected chi connectivity index (χ3v) is 5.15. The maximum atomic E-state index is 12.2. The average molecular weight is 288 g/mol. The molecule has 1 atom stereocenters. The van der Waals surface area contributed by atoms with E-state index in [0.29, 0.717) is 5.02 Å². The van der Waals surface area contributed by atoms with Crippen molar-refractivity contribution in [3.05, 3.63) is 29.3 Å². The first-order chi connectivity index (χ1) is 8.28. The highest BCUT2D eigenvalue weighted by Gasteiger charge is 2.33. The van der Waals surface area contributed by atoms with Crippen LogP contribution in [0, 0.1) is 5.41 Å². The van der Waals surface area contributed by atoms with Gasteiger partial charge in [0.15, 0.2) is 0 Å². The zero-order valence-corrected chi connectivity index (χ0v) is 12.2. The molecule has 2 rings (SSSR count). The summed E-state index contributed by atoms with van der Waals surface area (Å²) >= 11 is 5.82. The van der Waals surface area contributed by atoms with Gasteiger partial charge in [-0.25, -0.2) is 13.1 Å². The molecule has 0 aliphatic heterocycles. The van der Waals surface area contributed by atoms with E-state index in [9.17, 15) is 8.42 Å². The van der Waals surface area contributed by atoms with Crippen LogP contribution < -0.4 is 4.72 Å². The highest BCUT2D eigenvalue weighted by Crippen LogP contribution is 2.37. The van der Waals surface area contributed by atoms with Crippen LogP contribution in [0.2, 0.25) is 5.02 Å². The first-order valence-corrected chi connectivity index (χ1v) is 7.93. The molecular weight excluding hydrogens is 270 g/mol.